The number of nitriles is 1. The van der Waals surface area contributed by atoms with Crippen LogP contribution in [0.5, 0.6) is 0 Å². The molecule has 0 spiro atoms. The van der Waals surface area contributed by atoms with Crippen LogP contribution in [0.4, 0.5) is 0 Å². The van der Waals surface area contributed by atoms with Gasteiger partial charge in [-0.05, 0) is 43.4 Å². The van der Waals surface area contributed by atoms with E-state index in [9.17, 15) is 10.1 Å². The van der Waals surface area contributed by atoms with Gasteiger partial charge in [-0.2, -0.15) is 5.26 Å². The highest BCUT2D eigenvalue weighted by atomic mass is 16.2. The predicted octanol–water partition coefficient (Wildman–Crippen LogP) is 4.04. The molecule has 0 aliphatic heterocycles. The molecule has 0 unspecified atom stereocenters. The molecule has 0 aromatic carbocycles. The van der Waals surface area contributed by atoms with Crippen molar-refractivity contribution in [3.63, 3.8) is 0 Å². The molecule has 0 saturated heterocycles. The van der Waals surface area contributed by atoms with Crippen LogP contribution in [0.3, 0.4) is 0 Å². The van der Waals surface area contributed by atoms with Crippen LogP contribution in [-0.2, 0) is 4.79 Å². The molecule has 0 aromatic heterocycles. The van der Waals surface area contributed by atoms with E-state index in [1.165, 1.54) is 32.1 Å². The summed E-state index contributed by atoms with van der Waals surface area (Å²) < 4.78 is 0. The maximum Gasteiger partial charge on any atom is 0.240 e. The minimum atomic E-state index is -0.836. The van der Waals surface area contributed by atoms with Crippen molar-refractivity contribution in [2.75, 3.05) is 6.54 Å². The number of carbonyl (C=O) groups is 1. The summed E-state index contributed by atoms with van der Waals surface area (Å²) in [5, 5.41) is 12.4. The monoisotopic (exact) mass is 278 g/mol. The van der Waals surface area contributed by atoms with E-state index in [0.29, 0.717) is 18.8 Å². The average Bonchev–Trinajstić information content (AvgIpc) is 2.87. The van der Waals surface area contributed by atoms with Gasteiger partial charge >= 0.3 is 0 Å². The van der Waals surface area contributed by atoms with Crippen LogP contribution >= 0.6 is 0 Å². The van der Waals surface area contributed by atoms with Crippen LogP contribution in [-0.4, -0.2) is 12.5 Å². The zero-order valence-electron chi connectivity index (χ0n) is 13.6. The van der Waals surface area contributed by atoms with Crippen molar-refractivity contribution >= 4 is 5.91 Å². The molecule has 3 nitrogen and oxygen atoms in total. The van der Waals surface area contributed by atoms with Gasteiger partial charge in [0.05, 0.1) is 6.07 Å². The van der Waals surface area contributed by atoms with E-state index in [2.05, 4.69) is 25.2 Å². The van der Waals surface area contributed by atoms with Gasteiger partial charge in [0.1, 0.15) is 5.41 Å². The minimum absolute atomic E-state index is 0.0694. The summed E-state index contributed by atoms with van der Waals surface area (Å²) in [6, 6.07) is 2.23. The van der Waals surface area contributed by atoms with Gasteiger partial charge in [0.15, 0.2) is 0 Å². The van der Waals surface area contributed by atoms with Crippen LogP contribution in [0.2, 0.25) is 0 Å². The molecule has 0 radical (unpaired) electrons. The highest BCUT2D eigenvalue weighted by molar-refractivity contribution is 5.85. The maximum atomic E-state index is 12.4. The van der Waals surface area contributed by atoms with E-state index in [4.69, 9.17) is 0 Å². The fraction of sp³-hybridized carbons (Fsp3) is 0.882. The molecule has 1 amide bonds. The van der Waals surface area contributed by atoms with Gasteiger partial charge in [-0.25, -0.2) is 0 Å². The first kappa shape index (κ1) is 17.0. The quantitative estimate of drug-likeness (QED) is 0.764. The zero-order chi connectivity index (χ0) is 15.2. The molecule has 1 rings (SSSR count). The third-order valence-electron chi connectivity index (χ3n) is 4.99. The van der Waals surface area contributed by atoms with Crippen molar-refractivity contribution < 1.29 is 4.79 Å². The Morgan fingerprint density at radius 2 is 1.85 bits per heavy atom. The SMILES string of the molecule is CCC(C#N)(CC)C(=O)NCC1(CC(C)C)CCCC1. The molecule has 1 N–H and O–H groups in total. The van der Waals surface area contributed by atoms with Crippen molar-refractivity contribution in [1.29, 1.82) is 5.26 Å². The Hall–Kier alpha value is -1.04. The van der Waals surface area contributed by atoms with Crippen molar-refractivity contribution in [3.05, 3.63) is 0 Å². The Morgan fingerprint density at radius 1 is 1.30 bits per heavy atom. The second kappa shape index (κ2) is 7.11. The van der Waals surface area contributed by atoms with Crippen molar-refractivity contribution in [2.24, 2.45) is 16.7 Å². The van der Waals surface area contributed by atoms with Crippen LogP contribution in [0, 0.1) is 28.1 Å². The molecule has 0 atom stereocenters. The summed E-state index contributed by atoms with van der Waals surface area (Å²) in [7, 11) is 0. The number of nitrogens with zero attached hydrogens (tertiary/aromatic N) is 1. The van der Waals surface area contributed by atoms with Crippen LogP contribution in [0.1, 0.15) is 72.6 Å². The Morgan fingerprint density at radius 3 is 2.25 bits per heavy atom. The Kier molecular flexibility index (Phi) is 6.05. The number of rotatable bonds is 7. The van der Waals surface area contributed by atoms with Gasteiger partial charge in [-0.15, -0.1) is 0 Å². The second-order valence-corrected chi connectivity index (χ2v) is 6.89. The molecular formula is C17H30N2O. The third-order valence-corrected chi connectivity index (χ3v) is 4.99. The summed E-state index contributed by atoms with van der Waals surface area (Å²) in [5.41, 5.74) is -0.565. The molecule has 3 heteroatoms. The molecule has 1 fully saturated rings. The second-order valence-electron chi connectivity index (χ2n) is 6.89. The number of hydrogen-bond donors (Lipinski definition) is 1. The fourth-order valence-corrected chi connectivity index (χ4v) is 3.66. The molecule has 114 valence electrons. The van der Waals surface area contributed by atoms with Crippen molar-refractivity contribution in [1.82, 2.24) is 5.32 Å². The van der Waals surface area contributed by atoms with Gasteiger partial charge in [0, 0.05) is 6.54 Å². The molecule has 20 heavy (non-hydrogen) atoms. The van der Waals surface area contributed by atoms with Gasteiger partial charge in [-0.3, -0.25) is 4.79 Å². The van der Waals surface area contributed by atoms with Crippen LogP contribution in [0.25, 0.3) is 0 Å². The number of carbonyl (C=O) groups excluding carboxylic acids is 1. The summed E-state index contributed by atoms with van der Waals surface area (Å²) in [6.45, 7) is 9.09. The first-order valence-corrected chi connectivity index (χ1v) is 8.13. The molecule has 1 aliphatic carbocycles. The fourth-order valence-electron chi connectivity index (χ4n) is 3.66. The van der Waals surface area contributed by atoms with E-state index in [1.807, 2.05) is 13.8 Å². The van der Waals surface area contributed by atoms with Crippen LogP contribution in [0.15, 0.2) is 0 Å². The topological polar surface area (TPSA) is 52.9 Å². The Bertz CT molecular complexity index is 358. The first-order chi connectivity index (χ1) is 9.43. The lowest BCUT2D eigenvalue weighted by Crippen LogP contribution is -2.44. The lowest BCUT2D eigenvalue weighted by atomic mass is 9.77. The predicted molar refractivity (Wildman–Crippen MR) is 82.0 cm³/mol. The molecule has 1 saturated carbocycles. The van der Waals surface area contributed by atoms with E-state index < -0.39 is 5.41 Å². The maximum absolute atomic E-state index is 12.4. The number of hydrogen-bond acceptors (Lipinski definition) is 2. The van der Waals surface area contributed by atoms with E-state index >= 15 is 0 Å². The standard InChI is InChI=1S/C17H30N2O/c1-5-17(6-2,12-18)15(20)19-13-16(11-14(3)4)9-7-8-10-16/h14H,5-11,13H2,1-4H3,(H,19,20). The normalized spacial score (nSPS) is 18.0. The average molecular weight is 278 g/mol. The van der Waals surface area contributed by atoms with Crippen molar-refractivity contribution in [3.8, 4) is 6.07 Å². The Balaban J connectivity index is 2.68. The number of amides is 1. The summed E-state index contributed by atoms with van der Waals surface area (Å²) in [5.74, 6) is 0.586. The van der Waals surface area contributed by atoms with E-state index in [0.717, 1.165) is 6.54 Å². The van der Waals surface area contributed by atoms with Gasteiger partial charge in [0.25, 0.3) is 0 Å². The first-order valence-electron chi connectivity index (χ1n) is 8.13. The smallest absolute Gasteiger partial charge is 0.240 e. The van der Waals surface area contributed by atoms with E-state index in [1.54, 1.807) is 0 Å². The summed E-state index contributed by atoms with van der Waals surface area (Å²) in [6.07, 6.45) is 7.31. The summed E-state index contributed by atoms with van der Waals surface area (Å²) in [4.78, 5) is 12.4. The minimum Gasteiger partial charge on any atom is -0.354 e. The van der Waals surface area contributed by atoms with Gasteiger partial charge < -0.3 is 5.32 Å². The van der Waals surface area contributed by atoms with E-state index in [-0.39, 0.29) is 11.3 Å². The highest BCUT2D eigenvalue weighted by Crippen LogP contribution is 2.42. The lowest BCUT2D eigenvalue weighted by molar-refractivity contribution is -0.129. The summed E-state index contributed by atoms with van der Waals surface area (Å²) >= 11 is 0. The van der Waals surface area contributed by atoms with Gasteiger partial charge in [-0.1, -0.05) is 40.5 Å². The highest BCUT2D eigenvalue weighted by Gasteiger charge is 2.39. The molecule has 0 aromatic rings. The molecule has 0 heterocycles. The Labute approximate surface area is 124 Å². The third kappa shape index (κ3) is 3.75. The van der Waals surface area contributed by atoms with Crippen LogP contribution < -0.4 is 5.32 Å². The molecule has 1 aliphatic rings. The molecule has 0 bridgehead atoms. The largest absolute Gasteiger partial charge is 0.354 e. The zero-order valence-corrected chi connectivity index (χ0v) is 13.6. The number of nitrogens with one attached hydrogen (secondary N) is 1. The van der Waals surface area contributed by atoms with Gasteiger partial charge in [0.2, 0.25) is 5.91 Å². The van der Waals surface area contributed by atoms with Crippen molar-refractivity contribution in [2.45, 2.75) is 72.6 Å². The lowest BCUT2D eigenvalue weighted by Gasteiger charge is -2.33. The molecular weight excluding hydrogens is 248 g/mol.